The lowest BCUT2D eigenvalue weighted by atomic mass is 10.1. The topological polar surface area (TPSA) is 88.2 Å². The van der Waals surface area contributed by atoms with Gasteiger partial charge in [0.25, 0.3) is 0 Å². The van der Waals surface area contributed by atoms with Crippen molar-refractivity contribution in [3.8, 4) is 0 Å². The van der Waals surface area contributed by atoms with Gasteiger partial charge in [-0.3, -0.25) is 4.98 Å². The standard InChI is InChI=1S/C17H18N6/c18-15-3-1-2-11-4-5-16(23-17(11)22-15)21-13-8-12-9-19-7-6-14(12)20-10-13/h1-2,4-5,8,10,19H,3,6-7,9H2,(H3,18,21,22,23). The van der Waals surface area contributed by atoms with E-state index in [1.54, 1.807) is 0 Å². The van der Waals surface area contributed by atoms with Crippen LogP contribution in [0.3, 0.4) is 0 Å². The van der Waals surface area contributed by atoms with Gasteiger partial charge < -0.3 is 16.4 Å². The second kappa shape index (κ2) is 5.81. The van der Waals surface area contributed by atoms with Crippen molar-refractivity contribution in [2.24, 2.45) is 10.7 Å². The largest absolute Gasteiger partial charge is 0.387 e. The summed E-state index contributed by atoms with van der Waals surface area (Å²) >= 11 is 0. The van der Waals surface area contributed by atoms with E-state index in [0.717, 1.165) is 36.6 Å². The number of amidine groups is 1. The highest BCUT2D eigenvalue weighted by Crippen LogP contribution is 2.25. The molecule has 0 fully saturated rings. The number of nitrogens with zero attached hydrogens (tertiary/aromatic N) is 3. The van der Waals surface area contributed by atoms with Gasteiger partial charge in [0.2, 0.25) is 0 Å². The molecule has 4 N–H and O–H groups in total. The summed E-state index contributed by atoms with van der Waals surface area (Å²) in [6.45, 7) is 1.85. The van der Waals surface area contributed by atoms with Crippen molar-refractivity contribution in [1.82, 2.24) is 15.3 Å². The van der Waals surface area contributed by atoms with E-state index in [9.17, 15) is 0 Å². The number of fused-ring (bicyclic) bond motifs is 2. The molecule has 0 aliphatic carbocycles. The molecule has 0 unspecified atom stereocenters. The number of hydrogen-bond acceptors (Lipinski definition) is 6. The van der Waals surface area contributed by atoms with Crippen molar-refractivity contribution >= 4 is 29.2 Å². The Morgan fingerprint density at radius 3 is 3.17 bits per heavy atom. The first-order valence-electron chi connectivity index (χ1n) is 7.74. The average Bonchev–Trinajstić information content (AvgIpc) is 2.75. The zero-order valence-corrected chi connectivity index (χ0v) is 12.7. The lowest BCUT2D eigenvalue weighted by Gasteiger charge is -2.17. The first kappa shape index (κ1) is 13.9. The zero-order chi connectivity index (χ0) is 15.6. The average molecular weight is 306 g/mol. The van der Waals surface area contributed by atoms with Gasteiger partial charge in [-0.15, -0.1) is 0 Å². The Labute approximate surface area is 134 Å². The number of rotatable bonds is 2. The van der Waals surface area contributed by atoms with E-state index in [4.69, 9.17) is 5.73 Å². The van der Waals surface area contributed by atoms with Crippen LogP contribution in [-0.2, 0) is 13.0 Å². The highest BCUT2D eigenvalue weighted by molar-refractivity contribution is 5.87. The minimum Gasteiger partial charge on any atom is -0.387 e. The smallest absolute Gasteiger partial charge is 0.163 e. The van der Waals surface area contributed by atoms with E-state index in [-0.39, 0.29) is 0 Å². The Morgan fingerprint density at radius 1 is 1.26 bits per heavy atom. The van der Waals surface area contributed by atoms with Crippen LogP contribution in [0, 0.1) is 0 Å². The molecular weight excluding hydrogens is 288 g/mol. The second-order valence-electron chi connectivity index (χ2n) is 5.70. The van der Waals surface area contributed by atoms with Crippen molar-refractivity contribution in [2.45, 2.75) is 19.4 Å². The summed E-state index contributed by atoms with van der Waals surface area (Å²) in [5.41, 5.74) is 10.2. The molecule has 4 heterocycles. The van der Waals surface area contributed by atoms with Crippen LogP contribution in [0.15, 0.2) is 35.5 Å². The van der Waals surface area contributed by atoms with Gasteiger partial charge in [0.05, 0.1) is 11.9 Å². The van der Waals surface area contributed by atoms with Crippen LogP contribution < -0.4 is 16.4 Å². The summed E-state index contributed by atoms with van der Waals surface area (Å²) in [6.07, 6.45) is 7.49. The molecule has 6 nitrogen and oxygen atoms in total. The van der Waals surface area contributed by atoms with E-state index >= 15 is 0 Å². The van der Waals surface area contributed by atoms with Gasteiger partial charge in [-0.1, -0.05) is 12.2 Å². The van der Waals surface area contributed by atoms with Gasteiger partial charge in [-0.2, -0.15) is 0 Å². The van der Waals surface area contributed by atoms with Gasteiger partial charge in [0.1, 0.15) is 11.7 Å². The van der Waals surface area contributed by atoms with Crippen LogP contribution in [-0.4, -0.2) is 22.3 Å². The first-order chi connectivity index (χ1) is 11.3. The van der Waals surface area contributed by atoms with Crippen LogP contribution in [0.5, 0.6) is 0 Å². The monoisotopic (exact) mass is 306 g/mol. The van der Waals surface area contributed by atoms with Gasteiger partial charge in [0, 0.05) is 37.2 Å². The number of nitrogens with two attached hydrogens (primary N) is 1. The van der Waals surface area contributed by atoms with Crippen molar-refractivity contribution < 1.29 is 0 Å². The summed E-state index contributed by atoms with van der Waals surface area (Å²) in [4.78, 5) is 13.5. The molecule has 0 spiro atoms. The second-order valence-corrected chi connectivity index (χ2v) is 5.70. The number of anilines is 2. The molecule has 0 amide bonds. The van der Waals surface area contributed by atoms with Crippen molar-refractivity contribution in [1.29, 1.82) is 0 Å². The molecule has 2 aromatic heterocycles. The molecule has 2 aliphatic heterocycles. The lowest BCUT2D eigenvalue weighted by Crippen LogP contribution is -2.24. The maximum atomic E-state index is 5.85. The Kier molecular flexibility index (Phi) is 3.51. The molecule has 0 aromatic carbocycles. The van der Waals surface area contributed by atoms with Gasteiger partial charge >= 0.3 is 0 Å². The van der Waals surface area contributed by atoms with E-state index in [1.165, 1.54) is 11.3 Å². The number of hydrogen-bond donors (Lipinski definition) is 3. The highest BCUT2D eigenvalue weighted by Gasteiger charge is 2.11. The summed E-state index contributed by atoms with van der Waals surface area (Å²) in [7, 11) is 0. The molecule has 116 valence electrons. The fourth-order valence-electron chi connectivity index (χ4n) is 2.80. The van der Waals surface area contributed by atoms with E-state index in [2.05, 4.69) is 31.7 Å². The van der Waals surface area contributed by atoms with E-state index < -0.39 is 0 Å². The lowest BCUT2D eigenvalue weighted by molar-refractivity contribution is 0.630. The molecule has 0 saturated heterocycles. The molecule has 0 radical (unpaired) electrons. The summed E-state index contributed by atoms with van der Waals surface area (Å²) in [6, 6.07) is 6.06. The van der Waals surface area contributed by atoms with Crippen LogP contribution in [0.4, 0.5) is 17.3 Å². The van der Waals surface area contributed by atoms with Crippen LogP contribution in [0.25, 0.3) is 6.08 Å². The molecular formula is C17H18N6. The third-order valence-electron chi connectivity index (χ3n) is 3.97. The van der Waals surface area contributed by atoms with E-state index in [1.807, 2.05) is 30.5 Å². The van der Waals surface area contributed by atoms with Crippen LogP contribution in [0.1, 0.15) is 23.2 Å². The van der Waals surface area contributed by atoms with Crippen molar-refractivity contribution in [3.05, 3.63) is 47.3 Å². The third-order valence-corrected chi connectivity index (χ3v) is 3.97. The molecule has 23 heavy (non-hydrogen) atoms. The number of nitrogens with one attached hydrogen (secondary N) is 2. The number of aliphatic imine (C=N–C) groups is 1. The number of aromatic nitrogens is 2. The maximum absolute atomic E-state index is 5.85. The van der Waals surface area contributed by atoms with Gasteiger partial charge in [0.15, 0.2) is 5.82 Å². The predicted molar refractivity (Wildman–Crippen MR) is 92.1 cm³/mol. The maximum Gasteiger partial charge on any atom is 0.163 e. The van der Waals surface area contributed by atoms with E-state index in [0.29, 0.717) is 18.1 Å². The SMILES string of the molecule is NC1=Nc2nc(Nc3cnc4c(c3)CNCC4)ccc2C=CC1. The van der Waals surface area contributed by atoms with Crippen molar-refractivity contribution in [3.63, 3.8) is 0 Å². The Morgan fingerprint density at radius 2 is 2.22 bits per heavy atom. The summed E-state index contributed by atoms with van der Waals surface area (Å²) < 4.78 is 0. The minimum absolute atomic E-state index is 0.575. The normalized spacial score (nSPS) is 16.1. The predicted octanol–water partition coefficient (Wildman–Crippen LogP) is 2.27. The summed E-state index contributed by atoms with van der Waals surface area (Å²) in [5.74, 6) is 1.96. The minimum atomic E-state index is 0.575. The fraction of sp³-hybridized carbons (Fsp3) is 0.235. The van der Waals surface area contributed by atoms with Gasteiger partial charge in [-0.05, 0) is 23.8 Å². The quantitative estimate of drug-likeness (QED) is 0.792. The third kappa shape index (κ3) is 2.93. The molecule has 0 bridgehead atoms. The Hall–Kier alpha value is -2.73. The van der Waals surface area contributed by atoms with Gasteiger partial charge in [-0.25, -0.2) is 9.98 Å². The first-order valence-corrected chi connectivity index (χ1v) is 7.74. The van der Waals surface area contributed by atoms with Crippen LogP contribution >= 0.6 is 0 Å². The Balaban J connectivity index is 1.62. The van der Waals surface area contributed by atoms with Crippen LogP contribution in [0.2, 0.25) is 0 Å². The number of pyridine rings is 2. The summed E-state index contributed by atoms with van der Waals surface area (Å²) in [5, 5.41) is 6.67. The Bertz CT molecular complexity index is 809. The molecule has 6 heteroatoms. The molecule has 0 atom stereocenters. The molecule has 4 rings (SSSR count). The molecule has 2 aromatic rings. The molecule has 0 saturated carbocycles. The fourth-order valence-corrected chi connectivity index (χ4v) is 2.80. The highest BCUT2D eigenvalue weighted by atomic mass is 15.1. The van der Waals surface area contributed by atoms with Crippen molar-refractivity contribution in [2.75, 3.05) is 11.9 Å². The zero-order valence-electron chi connectivity index (χ0n) is 12.7. The molecule has 2 aliphatic rings.